The maximum Gasteiger partial charge on any atom is 0.187 e. The molecule has 4 aromatic rings. The monoisotopic (exact) mass is 287 g/mol. The first-order valence-corrected chi connectivity index (χ1v) is 6.95. The fraction of sp³-hybridized carbons (Fsp3) is 0. The van der Waals surface area contributed by atoms with E-state index >= 15 is 0 Å². The first-order chi connectivity index (χ1) is 10.8. The van der Waals surface area contributed by atoms with Crippen LogP contribution in [0.2, 0.25) is 0 Å². The van der Waals surface area contributed by atoms with Gasteiger partial charge < -0.3 is 5.73 Å². The zero-order valence-corrected chi connectivity index (χ0v) is 11.7. The third-order valence-corrected chi connectivity index (χ3v) is 3.59. The van der Waals surface area contributed by atoms with Crippen molar-refractivity contribution in [1.29, 1.82) is 0 Å². The molecule has 0 spiro atoms. The third kappa shape index (κ3) is 1.91. The molecular formula is C17H13N5. The van der Waals surface area contributed by atoms with Gasteiger partial charge in [-0.25, -0.2) is 0 Å². The van der Waals surface area contributed by atoms with Crippen molar-refractivity contribution in [1.82, 2.24) is 19.8 Å². The van der Waals surface area contributed by atoms with Gasteiger partial charge in [-0.15, -0.1) is 10.2 Å². The Hall–Kier alpha value is -3.21. The number of rotatable bonds is 2. The summed E-state index contributed by atoms with van der Waals surface area (Å²) in [5.74, 6) is 0.485. The molecule has 2 heterocycles. The number of hydrogen-bond acceptors (Lipinski definition) is 4. The zero-order chi connectivity index (χ0) is 14.9. The highest BCUT2D eigenvalue weighted by Crippen LogP contribution is 2.27. The molecule has 4 rings (SSSR count). The number of nitrogens with two attached hydrogens (primary N) is 1. The summed E-state index contributed by atoms with van der Waals surface area (Å²) in [5, 5.41) is 13.0. The molecule has 0 fully saturated rings. The molecule has 0 atom stereocenters. The molecule has 5 heteroatoms. The van der Waals surface area contributed by atoms with Crippen LogP contribution in [0.15, 0.2) is 66.9 Å². The lowest BCUT2D eigenvalue weighted by atomic mass is 10.1. The smallest absolute Gasteiger partial charge is 0.187 e. The minimum atomic E-state index is 0.485. The van der Waals surface area contributed by atoms with Gasteiger partial charge in [0.05, 0.1) is 6.20 Å². The van der Waals surface area contributed by atoms with Crippen LogP contribution in [0.4, 0.5) is 5.82 Å². The predicted molar refractivity (Wildman–Crippen MR) is 86.1 cm³/mol. The van der Waals surface area contributed by atoms with Crippen LogP contribution in [-0.2, 0) is 0 Å². The van der Waals surface area contributed by atoms with E-state index in [-0.39, 0.29) is 0 Å². The van der Waals surface area contributed by atoms with Gasteiger partial charge in [-0.1, -0.05) is 60.7 Å². The minimum absolute atomic E-state index is 0.485. The molecule has 22 heavy (non-hydrogen) atoms. The fourth-order valence-electron chi connectivity index (χ4n) is 2.49. The molecule has 0 bridgehead atoms. The topological polar surface area (TPSA) is 69.1 Å². The Morgan fingerprint density at radius 3 is 2.09 bits per heavy atom. The maximum atomic E-state index is 6.24. The first kappa shape index (κ1) is 12.5. The van der Waals surface area contributed by atoms with Crippen LogP contribution in [0.1, 0.15) is 0 Å². The van der Waals surface area contributed by atoms with Crippen molar-refractivity contribution in [3.63, 3.8) is 0 Å². The van der Waals surface area contributed by atoms with E-state index in [4.69, 9.17) is 5.73 Å². The highest BCUT2D eigenvalue weighted by Gasteiger charge is 2.14. The molecule has 0 amide bonds. The average molecular weight is 287 g/mol. The summed E-state index contributed by atoms with van der Waals surface area (Å²) in [6.07, 6.45) is 1.77. The van der Waals surface area contributed by atoms with Gasteiger partial charge in [0.15, 0.2) is 11.5 Å². The minimum Gasteiger partial charge on any atom is -0.382 e. The predicted octanol–water partition coefficient (Wildman–Crippen LogP) is 3.04. The van der Waals surface area contributed by atoms with Gasteiger partial charge in [0.25, 0.3) is 0 Å². The van der Waals surface area contributed by atoms with E-state index in [2.05, 4.69) is 15.3 Å². The highest BCUT2D eigenvalue weighted by molar-refractivity contribution is 5.80. The lowest BCUT2D eigenvalue weighted by Gasteiger charge is -2.06. The summed E-state index contributed by atoms with van der Waals surface area (Å²) in [4.78, 5) is 0. The summed E-state index contributed by atoms with van der Waals surface area (Å²) in [7, 11) is 0. The van der Waals surface area contributed by atoms with Crippen LogP contribution in [0.5, 0.6) is 0 Å². The molecule has 0 saturated heterocycles. The summed E-state index contributed by atoms with van der Waals surface area (Å²) in [6.45, 7) is 0. The Kier molecular flexibility index (Phi) is 2.83. The van der Waals surface area contributed by atoms with Gasteiger partial charge in [0.1, 0.15) is 5.69 Å². The van der Waals surface area contributed by atoms with Crippen molar-refractivity contribution in [2.75, 3.05) is 5.73 Å². The maximum absolute atomic E-state index is 6.24. The van der Waals surface area contributed by atoms with Gasteiger partial charge in [-0.3, -0.25) is 0 Å². The summed E-state index contributed by atoms with van der Waals surface area (Å²) in [5.41, 5.74) is 10.4. The van der Waals surface area contributed by atoms with Crippen LogP contribution in [0.3, 0.4) is 0 Å². The van der Waals surface area contributed by atoms with Gasteiger partial charge in [0, 0.05) is 11.1 Å². The van der Waals surface area contributed by atoms with E-state index in [9.17, 15) is 0 Å². The lowest BCUT2D eigenvalue weighted by Crippen LogP contribution is -2.05. The second-order valence-electron chi connectivity index (χ2n) is 4.96. The Labute approximate surface area is 127 Å². The van der Waals surface area contributed by atoms with Crippen molar-refractivity contribution in [2.24, 2.45) is 0 Å². The fourth-order valence-corrected chi connectivity index (χ4v) is 2.49. The average Bonchev–Trinajstić information content (AvgIpc) is 3.02. The second-order valence-corrected chi connectivity index (χ2v) is 4.96. The van der Waals surface area contributed by atoms with Crippen molar-refractivity contribution in [2.45, 2.75) is 0 Å². The van der Waals surface area contributed by atoms with Crippen LogP contribution in [0, 0.1) is 0 Å². The summed E-state index contributed by atoms with van der Waals surface area (Å²) >= 11 is 0. The molecule has 0 saturated carbocycles. The van der Waals surface area contributed by atoms with Crippen LogP contribution < -0.4 is 5.73 Å². The zero-order valence-electron chi connectivity index (χ0n) is 11.7. The number of aromatic nitrogens is 4. The summed E-state index contributed by atoms with van der Waals surface area (Å²) < 4.78 is 1.64. The Balaban J connectivity index is 1.92. The van der Waals surface area contributed by atoms with Crippen molar-refractivity contribution in [3.8, 4) is 22.4 Å². The van der Waals surface area contributed by atoms with Gasteiger partial charge in [-0.05, 0) is 5.56 Å². The van der Waals surface area contributed by atoms with Crippen LogP contribution in [-0.4, -0.2) is 19.8 Å². The van der Waals surface area contributed by atoms with E-state index in [1.165, 1.54) is 0 Å². The summed E-state index contributed by atoms with van der Waals surface area (Å²) in [6, 6.07) is 19.7. The molecule has 0 aliphatic heterocycles. The van der Waals surface area contributed by atoms with Crippen molar-refractivity contribution >= 4 is 11.5 Å². The largest absolute Gasteiger partial charge is 0.382 e. The Morgan fingerprint density at radius 1 is 0.773 bits per heavy atom. The van der Waals surface area contributed by atoms with E-state index < -0.39 is 0 Å². The molecule has 2 N–H and O–H groups in total. The van der Waals surface area contributed by atoms with Crippen LogP contribution >= 0.6 is 0 Å². The van der Waals surface area contributed by atoms with Gasteiger partial charge in [-0.2, -0.15) is 9.61 Å². The van der Waals surface area contributed by atoms with E-state index in [0.29, 0.717) is 17.2 Å². The normalized spacial score (nSPS) is 10.9. The number of benzene rings is 2. The molecule has 2 aromatic carbocycles. The number of nitrogen functional groups attached to an aromatic ring is 1. The molecule has 0 radical (unpaired) electrons. The molecule has 5 nitrogen and oxygen atoms in total. The lowest BCUT2D eigenvalue weighted by molar-refractivity contribution is 0.907. The number of hydrogen-bond donors (Lipinski definition) is 1. The molecule has 0 aliphatic rings. The van der Waals surface area contributed by atoms with E-state index in [0.717, 1.165) is 16.7 Å². The number of anilines is 1. The molecule has 0 unspecified atom stereocenters. The Morgan fingerprint density at radius 2 is 1.41 bits per heavy atom. The molecule has 0 aliphatic carbocycles. The van der Waals surface area contributed by atoms with Gasteiger partial charge in [0.2, 0.25) is 0 Å². The highest BCUT2D eigenvalue weighted by atomic mass is 15.3. The van der Waals surface area contributed by atoms with Crippen molar-refractivity contribution < 1.29 is 0 Å². The quantitative estimate of drug-likeness (QED) is 0.615. The van der Waals surface area contributed by atoms with E-state index in [1.54, 1.807) is 10.7 Å². The number of nitrogens with zero attached hydrogens (tertiary/aromatic N) is 4. The first-order valence-electron chi connectivity index (χ1n) is 6.95. The Bertz CT molecular complexity index is 929. The van der Waals surface area contributed by atoms with Crippen molar-refractivity contribution in [3.05, 3.63) is 66.9 Å². The van der Waals surface area contributed by atoms with Gasteiger partial charge >= 0.3 is 0 Å². The third-order valence-electron chi connectivity index (χ3n) is 3.59. The standard InChI is InChI=1S/C17H13N5/c18-16-15(13-9-5-2-6-10-13)20-21-17-14(11-19-22(16)17)12-7-3-1-4-8-12/h1-11H,18H2. The SMILES string of the molecule is Nc1c(-c2ccccc2)nnc2c(-c3ccccc3)cnn12. The second kappa shape index (κ2) is 4.96. The molecule has 2 aromatic heterocycles. The van der Waals surface area contributed by atoms with Crippen LogP contribution in [0.25, 0.3) is 28.0 Å². The molecular weight excluding hydrogens is 274 g/mol. The van der Waals surface area contributed by atoms with E-state index in [1.807, 2.05) is 60.7 Å². The molecule has 106 valence electrons. The number of fused-ring (bicyclic) bond motifs is 1.